The summed E-state index contributed by atoms with van der Waals surface area (Å²) in [6.45, 7) is 4.49. The number of hydrogen-bond acceptors (Lipinski definition) is 6. The smallest absolute Gasteiger partial charge is 0.212 e. The van der Waals surface area contributed by atoms with Crippen LogP contribution in [0.4, 0.5) is 10.2 Å². The van der Waals surface area contributed by atoms with E-state index in [2.05, 4.69) is 25.6 Å². The lowest BCUT2D eigenvalue weighted by Crippen LogP contribution is -2.10. The maximum Gasteiger partial charge on any atom is 0.212 e. The number of benzene rings is 1. The molecule has 1 amide bonds. The van der Waals surface area contributed by atoms with Gasteiger partial charge in [-0.25, -0.2) is 9.37 Å². The monoisotopic (exact) mass is 447 g/mol. The van der Waals surface area contributed by atoms with Crippen LogP contribution in [0.15, 0.2) is 36.7 Å². The number of nitrogens with one attached hydrogen (secondary N) is 1. The second-order valence-corrected chi connectivity index (χ2v) is 7.82. The highest BCUT2D eigenvalue weighted by molar-refractivity contribution is 5.76. The number of rotatable bonds is 3. The van der Waals surface area contributed by atoms with Crippen LogP contribution in [0.1, 0.15) is 36.8 Å². The molecule has 10 heteroatoms. The van der Waals surface area contributed by atoms with Crippen molar-refractivity contribution in [3.63, 3.8) is 0 Å². The lowest BCUT2D eigenvalue weighted by atomic mass is 9.96. The van der Waals surface area contributed by atoms with E-state index in [9.17, 15) is 9.18 Å². The fraction of sp³-hybridized carbons (Fsp3) is 0.261. The van der Waals surface area contributed by atoms with E-state index < -0.39 is 6.10 Å². The number of amides is 1. The first-order valence-corrected chi connectivity index (χ1v) is 10.6. The first-order chi connectivity index (χ1) is 16.0. The third-order valence-corrected chi connectivity index (χ3v) is 5.69. The van der Waals surface area contributed by atoms with Gasteiger partial charge in [-0.3, -0.25) is 9.48 Å². The first kappa shape index (κ1) is 20.8. The summed E-state index contributed by atoms with van der Waals surface area (Å²) in [5.41, 5.74) is 5.37. The molecule has 0 saturated carbocycles. The molecule has 9 nitrogen and oxygen atoms in total. The first-order valence-electron chi connectivity index (χ1n) is 10.6. The van der Waals surface area contributed by atoms with Gasteiger partial charge in [0.25, 0.3) is 0 Å². The van der Waals surface area contributed by atoms with E-state index in [1.165, 1.54) is 16.9 Å². The minimum absolute atomic E-state index is 0.278. The third kappa shape index (κ3) is 3.63. The predicted octanol–water partition coefficient (Wildman–Crippen LogP) is 3.51. The van der Waals surface area contributed by atoms with Gasteiger partial charge >= 0.3 is 0 Å². The molecule has 1 N–H and O–H groups in total. The van der Waals surface area contributed by atoms with E-state index in [0.717, 1.165) is 28.1 Å². The van der Waals surface area contributed by atoms with Crippen molar-refractivity contribution in [2.45, 2.75) is 32.9 Å². The van der Waals surface area contributed by atoms with Crippen LogP contribution < -0.4 is 10.1 Å². The SMILES string of the molecule is CCn1ncc2c1-c1cnc(NC=O)c(c1)OC(C)c1cc(F)ccc1-c1nn(C)nc1C2. The van der Waals surface area contributed by atoms with Crippen LogP contribution in [0, 0.1) is 5.82 Å². The number of aryl methyl sites for hydroxylation is 2. The fourth-order valence-electron chi connectivity index (χ4n) is 4.25. The predicted molar refractivity (Wildman–Crippen MR) is 119 cm³/mol. The lowest BCUT2D eigenvalue weighted by Gasteiger charge is -2.21. The number of pyridine rings is 1. The molecular formula is C23H22FN7O2. The van der Waals surface area contributed by atoms with E-state index >= 15 is 0 Å². The average molecular weight is 447 g/mol. The second-order valence-electron chi connectivity index (χ2n) is 7.82. The van der Waals surface area contributed by atoms with E-state index in [-0.39, 0.29) is 11.6 Å². The van der Waals surface area contributed by atoms with Gasteiger partial charge in [0.05, 0.1) is 17.6 Å². The maximum atomic E-state index is 14.3. The van der Waals surface area contributed by atoms with Gasteiger partial charge in [0.2, 0.25) is 6.41 Å². The molecule has 33 heavy (non-hydrogen) atoms. The fourth-order valence-corrected chi connectivity index (χ4v) is 4.25. The Kier molecular flexibility index (Phi) is 5.12. The van der Waals surface area contributed by atoms with Crippen molar-refractivity contribution in [2.24, 2.45) is 7.05 Å². The summed E-state index contributed by atoms with van der Waals surface area (Å²) >= 11 is 0. The normalized spacial score (nSPS) is 14.7. The standard InChI is InChI=1S/C23H22FN7O2/c1-4-31-22-14(11-27-31)7-19-21(29-30(3)28-19)17-6-5-16(24)9-18(17)13(2)33-20-8-15(22)10-25-23(20)26-12-32/h5-6,8-13H,4,7H2,1-3H3,(H,25,26,32). The third-order valence-electron chi connectivity index (χ3n) is 5.69. The van der Waals surface area contributed by atoms with Crippen LogP contribution >= 0.6 is 0 Å². The minimum atomic E-state index is -0.565. The van der Waals surface area contributed by atoms with Gasteiger partial charge in [0, 0.05) is 48.5 Å². The van der Waals surface area contributed by atoms with Gasteiger partial charge in [-0.1, -0.05) is 0 Å². The molecule has 1 unspecified atom stereocenters. The summed E-state index contributed by atoms with van der Waals surface area (Å²) in [5, 5.41) is 16.3. The Balaban J connectivity index is 1.80. The van der Waals surface area contributed by atoms with Crippen molar-refractivity contribution >= 4 is 12.2 Å². The van der Waals surface area contributed by atoms with Crippen LogP contribution in [0.3, 0.4) is 0 Å². The second kappa shape index (κ2) is 8.12. The molecule has 1 aromatic carbocycles. The Morgan fingerprint density at radius 1 is 1.27 bits per heavy atom. The van der Waals surface area contributed by atoms with E-state index in [1.54, 1.807) is 19.3 Å². The summed E-state index contributed by atoms with van der Waals surface area (Å²) in [5.74, 6) is 0.267. The number of ether oxygens (including phenoxy) is 1. The van der Waals surface area contributed by atoms with Crippen molar-refractivity contribution < 1.29 is 13.9 Å². The highest BCUT2D eigenvalue weighted by Gasteiger charge is 2.25. The molecule has 4 heterocycles. The number of fused-ring (bicyclic) bond motifs is 7. The highest BCUT2D eigenvalue weighted by Crippen LogP contribution is 2.38. The Hall–Kier alpha value is -4.08. The summed E-state index contributed by atoms with van der Waals surface area (Å²) < 4.78 is 22.4. The molecule has 2 bridgehead atoms. The van der Waals surface area contributed by atoms with Crippen molar-refractivity contribution in [1.29, 1.82) is 0 Å². The summed E-state index contributed by atoms with van der Waals surface area (Å²) in [4.78, 5) is 17.1. The molecule has 5 rings (SSSR count). The van der Waals surface area contributed by atoms with Gasteiger partial charge in [-0.05, 0) is 38.1 Å². The number of aromatic nitrogens is 6. The quantitative estimate of drug-likeness (QED) is 0.483. The number of carbonyl (C=O) groups excluding carboxylic acids is 1. The van der Waals surface area contributed by atoms with Crippen LogP contribution in [0.25, 0.3) is 22.5 Å². The summed E-state index contributed by atoms with van der Waals surface area (Å²) in [6.07, 6.45) is 3.95. The highest BCUT2D eigenvalue weighted by atomic mass is 19.1. The van der Waals surface area contributed by atoms with Crippen LogP contribution in [-0.4, -0.2) is 36.2 Å². The average Bonchev–Trinajstić information content (AvgIpc) is 3.37. The zero-order valence-electron chi connectivity index (χ0n) is 18.4. The Morgan fingerprint density at radius 3 is 2.91 bits per heavy atom. The molecule has 0 spiro atoms. The van der Waals surface area contributed by atoms with Gasteiger partial charge in [0.15, 0.2) is 11.6 Å². The molecular weight excluding hydrogens is 425 g/mol. The Labute approximate surface area is 189 Å². The number of anilines is 1. The number of halogens is 1. The van der Waals surface area contributed by atoms with Crippen molar-refractivity contribution in [2.75, 3.05) is 5.32 Å². The van der Waals surface area contributed by atoms with E-state index in [4.69, 9.17) is 4.74 Å². The molecule has 4 aromatic rings. The topological polar surface area (TPSA) is 99.8 Å². The molecule has 3 aromatic heterocycles. The van der Waals surface area contributed by atoms with Crippen molar-refractivity contribution in [1.82, 2.24) is 29.8 Å². The number of hydrogen-bond donors (Lipinski definition) is 1. The molecule has 0 fully saturated rings. The molecule has 1 aliphatic heterocycles. The Morgan fingerprint density at radius 2 is 2.12 bits per heavy atom. The van der Waals surface area contributed by atoms with Gasteiger partial charge in [-0.2, -0.15) is 20.1 Å². The zero-order valence-corrected chi connectivity index (χ0v) is 18.4. The van der Waals surface area contributed by atoms with Crippen LogP contribution in [0.2, 0.25) is 0 Å². The van der Waals surface area contributed by atoms with E-state index in [0.29, 0.717) is 36.4 Å². The molecule has 0 radical (unpaired) electrons. The molecule has 168 valence electrons. The van der Waals surface area contributed by atoms with Crippen molar-refractivity contribution in [3.05, 3.63) is 59.3 Å². The summed E-state index contributed by atoms with van der Waals surface area (Å²) in [7, 11) is 1.76. The maximum absolute atomic E-state index is 14.3. The molecule has 0 saturated heterocycles. The van der Waals surface area contributed by atoms with Crippen molar-refractivity contribution in [3.8, 4) is 28.3 Å². The van der Waals surface area contributed by atoms with Gasteiger partial charge in [0.1, 0.15) is 17.6 Å². The molecule has 0 aliphatic carbocycles. The van der Waals surface area contributed by atoms with E-state index in [1.807, 2.05) is 30.8 Å². The number of nitrogens with zero attached hydrogens (tertiary/aromatic N) is 6. The summed E-state index contributed by atoms with van der Waals surface area (Å²) in [6, 6.07) is 6.35. The zero-order chi connectivity index (χ0) is 23.1. The largest absolute Gasteiger partial charge is 0.482 e. The van der Waals surface area contributed by atoms with Crippen LogP contribution in [-0.2, 0) is 24.8 Å². The van der Waals surface area contributed by atoms with Gasteiger partial charge in [-0.15, -0.1) is 0 Å². The molecule has 1 aliphatic rings. The van der Waals surface area contributed by atoms with Crippen LogP contribution in [0.5, 0.6) is 5.75 Å². The molecule has 1 atom stereocenters. The van der Waals surface area contributed by atoms with Gasteiger partial charge < -0.3 is 10.1 Å². The number of carbonyl (C=O) groups is 1. The Bertz CT molecular complexity index is 1360. The minimum Gasteiger partial charge on any atom is -0.482 e. The lowest BCUT2D eigenvalue weighted by molar-refractivity contribution is -0.105.